The molecule has 3 aliphatic carbocycles. The summed E-state index contributed by atoms with van der Waals surface area (Å²) in [7, 11) is 0. The maximum atomic E-state index is 3.60. The maximum Gasteiger partial charge on any atom is -0.000912 e. The van der Waals surface area contributed by atoms with E-state index in [1.165, 1.54) is 25.9 Å². The third kappa shape index (κ3) is 0.308. The molecular formula is C11H17N. The summed E-state index contributed by atoms with van der Waals surface area (Å²) in [6, 6.07) is 0. The SMILES string of the molecule is CC12CC3CNCC4C(C)(C1)C342. The van der Waals surface area contributed by atoms with Crippen LogP contribution in [0.1, 0.15) is 26.7 Å². The highest BCUT2D eigenvalue weighted by Gasteiger charge is 2.94. The van der Waals surface area contributed by atoms with Crippen LogP contribution in [0.5, 0.6) is 0 Å². The molecular weight excluding hydrogens is 146 g/mol. The van der Waals surface area contributed by atoms with Gasteiger partial charge in [-0.15, -0.1) is 0 Å². The fourth-order valence-electron chi connectivity index (χ4n) is 6.12. The van der Waals surface area contributed by atoms with E-state index in [4.69, 9.17) is 0 Å². The Morgan fingerprint density at radius 3 is 2.67 bits per heavy atom. The van der Waals surface area contributed by atoms with E-state index in [2.05, 4.69) is 19.2 Å². The molecule has 0 aromatic rings. The Kier molecular flexibility index (Phi) is 0.693. The number of fused-ring (bicyclic) bond motifs is 1. The lowest BCUT2D eigenvalue weighted by Crippen LogP contribution is -2.63. The van der Waals surface area contributed by atoms with Gasteiger partial charge in [0.1, 0.15) is 0 Å². The van der Waals surface area contributed by atoms with Crippen LogP contribution in [-0.2, 0) is 0 Å². The monoisotopic (exact) mass is 163 g/mol. The van der Waals surface area contributed by atoms with Gasteiger partial charge in [0.25, 0.3) is 0 Å². The first-order valence-electron chi connectivity index (χ1n) is 5.36. The van der Waals surface area contributed by atoms with E-state index in [0.717, 1.165) is 28.1 Å². The summed E-state index contributed by atoms with van der Waals surface area (Å²) in [5.74, 6) is 2.11. The van der Waals surface area contributed by atoms with Crippen molar-refractivity contribution >= 4 is 0 Å². The summed E-state index contributed by atoms with van der Waals surface area (Å²) in [4.78, 5) is 0. The summed E-state index contributed by atoms with van der Waals surface area (Å²) >= 11 is 0. The number of rotatable bonds is 0. The molecule has 1 N–H and O–H groups in total. The molecule has 1 heterocycles. The summed E-state index contributed by atoms with van der Waals surface area (Å²) in [6.45, 7) is 7.72. The molecule has 0 amide bonds. The van der Waals surface area contributed by atoms with Gasteiger partial charge in [-0.2, -0.15) is 0 Å². The van der Waals surface area contributed by atoms with Crippen LogP contribution in [-0.4, -0.2) is 13.1 Å². The Bertz CT molecular complexity index is 287. The quantitative estimate of drug-likeness (QED) is 0.572. The molecule has 3 saturated carbocycles. The molecule has 0 bridgehead atoms. The van der Waals surface area contributed by atoms with Gasteiger partial charge in [0.05, 0.1) is 0 Å². The van der Waals surface area contributed by atoms with Crippen LogP contribution in [0.2, 0.25) is 0 Å². The molecule has 5 unspecified atom stereocenters. The highest BCUT2D eigenvalue weighted by molar-refractivity contribution is 5.42. The minimum absolute atomic E-state index is 0.786. The van der Waals surface area contributed by atoms with Crippen molar-refractivity contribution in [3.05, 3.63) is 0 Å². The average Bonchev–Trinajstić information content (AvgIpc) is 2.50. The van der Waals surface area contributed by atoms with Crippen molar-refractivity contribution in [1.82, 2.24) is 5.32 Å². The molecule has 0 radical (unpaired) electrons. The molecule has 4 fully saturated rings. The van der Waals surface area contributed by atoms with Gasteiger partial charge in [0.15, 0.2) is 0 Å². The standard InChI is InChI=1S/C11H17N/c1-9-3-7-4-12-5-8-10(2,6-9)11(7,8)9/h7-8,12H,3-6H2,1-2H3. The Hall–Kier alpha value is -0.0400. The van der Waals surface area contributed by atoms with E-state index in [1.807, 2.05) is 0 Å². The lowest BCUT2D eigenvalue weighted by molar-refractivity contribution is -0.176. The van der Waals surface area contributed by atoms with Gasteiger partial charge in [-0.05, 0) is 54.0 Å². The van der Waals surface area contributed by atoms with E-state index >= 15 is 0 Å². The van der Waals surface area contributed by atoms with Crippen molar-refractivity contribution in [3.63, 3.8) is 0 Å². The Morgan fingerprint density at radius 2 is 2.08 bits per heavy atom. The van der Waals surface area contributed by atoms with Crippen molar-refractivity contribution in [3.8, 4) is 0 Å². The van der Waals surface area contributed by atoms with Gasteiger partial charge < -0.3 is 5.32 Å². The molecule has 1 heteroatoms. The molecule has 0 aromatic carbocycles. The van der Waals surface area contributed by atoms with E-state index in [9.17, 15) is 0 Å². The Morgan fingerprint density at radius 1 is 1.25 bits per heavy atom. The predicted octanol–water partition coefficient (Wildman–Crippen LogP) is 1.64. The molecule has 66 valence electrons. The smallest absolute Gasteiger partial charge is 0.000912 e. The van der Waals surface area contributed by atoms with Crippen molar-refractivity contribution < 1.29 is 0 Å². The molecule has 1 nitrogen and oxygen atoms in total. The third-order valence-electron chi connectivity index (χ3n) is 6.02. The largest absolute Gasteiger partial charge is 0.316 e. The number of hydrogen-bond acceptors (Lipinski definition) is 1. The summed E-state index contributed by atoms with van der Waals surface area (Å²) < 4.78 is 0. The van der Waals surface area contributed by atoms with Crippen LogP contribution >= 0.6 is 0 Å². The molecule has 4 aliphatic rings. The van der Waals surface area contributed by atoms with E-state index < -0.39 is 0 Å². The Balaban J connectivity index is 1.86. The highest BCUT2D eigenvalue weighted by Crippen LogP contribution is 2.98. The summed E-state index contributed by atoms with van der Waals surface area (Å²) in [5.41, 5.74) is 2.43. The normalized spacial score (nSPS) is 76.5. The fourth-order valence-corrected chi connectivity index (χ4v) is 6.12. The number of piperidine rings is 1. The highest BCUT2D eigenvalue weighted by atomic mass is 15.1. The first kappa shape index (κ1) is 6.42. The second-order valence-electron chi connectivity index (χ2n) is 6.14. The van der Waals surface area contributed by atoms with Gasteiger partial charge in [0.2, 0.25) is 0 Å². The number of hydrogen-bond donors (Lipinski definition) is 1. The predicted molar refractivity (Wildman–Crippen MR) is 47.7 cm³/mol. The third-order valence-corrected chi connectivity index (χ3v) is 6.02. The zero-order valence-corrected chi connectivity index (χ0v) is 7.98. The molecule has 5 atom stereocenters. The topological polar surface area (TPSA) is 12.0 Å². The lowest BCUT2D eigenvalue weighted by Gasteiger charge is -2.66. The average molecular weight is 163 g/mol. The van der Waals surface area contributed by atoms with Gasteiger partial charge in [-0.1, -0.05) is 13.8 Å². The molecule has 4 rings (SSSR count). The van der Waals surface area contributed by atoms with E-state index in [-0.39, 0.29) is 0 Å². The molecule has 1 aliphatic heterocycles. The van der Waals surface area contributed by atoms with Crippen LogP contribution < -0.4 is 5.32 Å². The zero-order valence-electron chi connectivity index (χ0n) is 7.98. The van der Waals surface area contributed by atoms with Crippen LogP contribution in [0.15, 0.2) is 0 Å². The Labute approximate surface area is 73.9 Å². The minimum atomic E-state index is 0.786. The van der Waals surface area contributed by atoms with E-state index in [1.54, 1.807) is 0 Å². The summed E-state index contributed by atoms with van der Waals surface area (Å²) in [6.07, 6.45) is 3.05. The van der Waals surface area contributed by atoms with Gasteiger partial charge in [0, 0.05) is 0 Å². The minimum Gasteiger partial charge on any atom is -0.316 e. The fraction of sp³-hybridized carbons (Fsp3) is 1.00. The maximum absolute atomic E-state index is 3.60. The molecule has 12 heavy (non-hydrogen) atoms. The van der Waals surface area contributed by atoms with Crippen LogP contribution in [0, 0.1) is 28.1 Å². The van der Waals surface area contributed by atoms with Crippen LogP contribution in [0.3, 0.4) is 0 Å². The van der Waals surface area contributed by atoms with Crippen LogP contribution in [0.4, 0.5) is 0 Å². The van der Waals surface area contributed by atoms with E-state index in [0.29, 0.717) is 0 Å². The van der Waals surface area contributed by atoms with Gasteiger partial charge in [-0.25, -0.2) is 0 Å². The molecule has 1 spiro atoms. The molecule has 1 saturated heterocycles. The molecule has 0 aromatic heterocycles. The van der Waals surface area contributed by atoms with Crippen molar-refractivity contribution in [2.75, 3.05) is 13.1 Å². The second kappa shape index (κ2) is 1.30. The van der Waals surface area contributed by atoms with Crippen molar-refractivity contribution in [2.45, 2.75) is 26.7 Å². The number of nitrogens with one attached hydrogen (secondary N) is 1. The first-order chi connectivity index (χ1) is 5.65. The van der Waals surface area contributed by atoms with Gasteiger partial charge >= 0.3 is 0 Å². The van der Waals surface area contributed by atoms with Crippen LogP contribution in [0.25, 0.3) is 0 Å². The lowest BCUT2D eigenvalue weighted by atomic mass is 9.38. The summed E-state index contributed by atoms with van der Waals surface area (Å²) in [5, 5.41) is 3.60. The van der Waals surface area contributed by atoms with Gasteiger partial charge in [-0.3, -0.25) is 0 Å². The van der Waals surface area contributed by atoms with Crippen molar-refractivity contribution in [2.24, 2.45) is 28.1 Å². The van der Waals surface area contributed by atoms with Crippen molar-refractivity contribution in [1.29, 1.82) is 0 Å². The zero-order chi connectivity index (χ0) is 8.19. The second-order valence-corrected chi connectivity index (χ2v) is 6.14. The first-order valence-corrected chi connectivity index (χ1v) is 5.36.